The lowest BCUT2D eigenvalue weighted by atomic mass is 10.1. The summed E-state index contributed by atoms with van der Waals surface area (Å²) in [6, 6.07) is 13.1. The molecule has 1 aliphatic heterocycles. The highest BCUT2D eigenvalue weighted by Crippen LogP contribution is 2.37. The van der Waals surface area contributed by atoms with Gasteiger partial charge >= 0.3 is 5.97 Å². The monoisotopic (exact) mass is 423 g/mol. The van der Waals surface area contributed by atoms with Gasteiger partial charge in [-0.05, 0) is 49.2 Å². The summed E-state index contributed by atoms with van der Waals surface area (Å²) >= 11 is 1.38. The molecule has 0 spiro atoms. The van der Waals surface area contributed by atoms with Crippen molar-refractivity contribution in [1.82, 2.24) is 0 Å². The van der Waals surface area contributed by atoms with Gasteiger partial charge in [-0.25, -0.2) is 4.79 Å². The van der Waals surface area contributed by atoms with Crippen LogP contribution in [0.15, 0.2) is 42.5 Å². The molecule has 2 aromatic carbocycles. The normalized spacial score (nSPS) is 12.0. The predicted molar refractivity (Wildman–Crippen MR) is 115 cm³/mol. The number of methoxy groups -OCH3 is 1. The molecule has 1 N–H and O–H groups in total. The summed E-state index contributed by atoms with van der Waals surface area (Å²) in [4.78, 5) is 26.1. The van der Waals surface area contributed by atoms with Gasteiger partial charge in [0.15, 0.2) is 11.5 Å². The van der Waals surface area contributed by atoms with Gasteiger partial charge in [-0.1, -0.05) is 23.8 Å². The number of nitrogens with one attached hydrogen (secondary N) is 1. The molecule has 2 heterocycles. The van der Waals surface area contributed by atoms with Crippen LogP contribution in [0.3, 0.4) is 0 Å². The molecule has 0 atom stereocenters. The third kappa shape index (κ3) is 3.89. The average Bonchev–Trinajstić information content (AvgIpc) is 3.32. The Morgan fingerprint density at radius 2 is 1.80 bits per heavy atom. The zero-order chi connectivity index (χ0) is 21.3. The molecule has 0 radical (unpaired) electrons. The molecule has 0 fully saturated rings. The van der Waals surface area contributed by atoms with E-state index in [2.05, 4.69) is 5.32 Å². The molecule has 0 saturated carbocycles. The van der Waals surface area contributed by atoms with E-state index in [4.69, 9.17) is 14.2 Å². The minimum atomic E-state index is -0.472. The van der Waals surface area contributed by atoms with Crippen molar-refractivity contribution >= 4 is 28.2 Å². The molecule has 1 amide bonds. The third-order valence-electron chi connectivity index (χ3n) is 4.98. The van der Waals surface area contributed by atoms with E-state index in [0.717, 1.165) is 27.3 Å². The standard InChI is InChI=1S/C23H21NO5S/c1-13-4-7-16(8-5-13)21(25)24-22-20(23(26)27-3)14(2)19(30-22)11-15-6-9-17-18(10-15)29-12-28-17/h4-10H,11-12H2,1-3H3,(H,24,25). The summed E-state index contributed by atoms with van der Waals surface area (Å²) in [5, 5.41) is 3.37. The van der Waals surface area contributed by atoms with E-state index in [-0.39, 0.29) is 12.7 Å². The van der Waals surface area contributed by atoms with E-state index >= 15 is 0 Å². The Labute approximate surface area is 178 Å². The lowest BCUT2D eigenvalue weighted by molar-refractivity contribution is 0.0601. The van der Waals surface area contributed by atoms with Crippen LogP contribution in [0.2, 0.25) is 0 Å². The topological polar surface area (TPSA) is 73.9 Å². The highest BCUT2D eigenvalue weighted by Gasteiger charge is 2.24. The Hall–Kier alpha value is -3.32. The minimum absolute atomic E-state index is 0.221. The van der Waals surface area contributed by atoms with Gasteiger partial charge in [0.1, 0.15) is 5.00 Å². The Bertz CT molecular complexity index is 1120. The van der Waals surface area contributed by atoms with E-state index in [1.54, 1.807) is 12.1 Å². The maximum absolute atomic E-state index is 12.7. The van der Waals surface area contributed by atoms with Crippen LogP contribution in [-0.4, -0.2) is 25.8 Å². The number of ether oxygens (including phenoxy) is 3. The quantitative estimate of drug-likeness (QED) is 0.601. The number of hydrogen-bond donors (Lipinski definition) is 1. The summed E-state index contributed by atoms with van der Waals surface area (Å²) in [6.07, 6.45) is 0.595. The second kappa shape index (κ2) is 8.20. The van der Waals surface area contributed by atoms with Crippen molar-refractivity contribution in [2.45, 2.75) is 20.3 Å². The van der Waals surface area contributed by atoms with E-state index in [1.165, 1.54) is 18.4 Å². The van der Waals surface area contributed by atoms with Crippen molar-refractivity contribution in [2.24, 2.45) is 0 Å². The maximum atomic E-state index is 12.7. The second-order valence-electron chi connectivity index (χ2n) is 7.03. The molecule has 1 aromatic heterocycles. The summed E-state index contributed by atoms with van der Waals surface area (Å²) in [7, 11) is 1.34. The molecule has 7 heteroatoms. The molecule has 0 aliphatic carbocycles. The number of aryl methyl sites for hydroxylation is 1. The van der Waals surface area contributed by atoms with Crippen LogP contribution in [0.5, 0.6) is 11.5 Å². The van der Waals surface area contributed by atoms with Crippen LogP contribution in [0.4, 0.5) is 5.00 Å². The van der Waals surface area contributed by atoms with Crippen molar-refractivity contribution in [3.05, 3.63) is 75.2 Å². The molecule has 0 saturated heterocycles. The zero-order valence-electron chi connectivity index (χ0n) is 16.9. The smallest absolute Gasteiger partial charge is 0.341 e. The van der Waals surface area contributed by atoms with Crippen LogP contribution >= 0.6 is 11.3 Å². The molecular formula is C23H21NO5S. The van der Waals surface area contributed by atoms with Gasteiger partial charge in [-0.3, -0.25) is 4.79 Å². The van der Waals surface area contributed by atoms with E-state index in [0.29, 0.717) is 28.3 Å². The van der Waals surface area contributed by atoms with E-state index in [1.807, 2.05) is 44.2 Å². The van der Waals surface area contributed by atoms with Crippen molar-refractivity contribution in [1.29, 1.82) is 0 Å². The summed E-state index contributed by atoms with van der Waals surface area (Å²) in [5.74, 6) is 0.696. The Morgan fingerprint density at radius 3 is 2.53 bits per heavy atom. The molecule has 3 aromatic rings. The van der Waals surface area contributed by atoms with Crippen molar-refractivity contribution in [3.8, 4) is 11.5 Å². The number of anilines is 1. The van der Waals surface area contributed by atoms with Gasteiger partial charge in [0.25, 0.3) is 5.91 Å². The number of carbonyl (C=O) groups excluding carboxylic acids is 2. The van der Waals surface area contributed by atoms with Crippen LogP contribution < -0.4 is 14.8 Å². The van der Waals surface area contributed by atoms with Gasteiger partial charge in [-0.2, -0.15) is 0 Å². The first kappa shape index (κ1) is 20.0. The number of hydrogen-bond acceptors (Lipinski definition) is 6. The van der Waals surface area contributed by atoms with Gasteiger partial charge in [-0.15, -0.1) is 11.3 Å². The van der Waals surface area contributed by atoms with Gasteiger partial charge in [0.2, 0.25) is 6.79 Å². The average molecular weight is 423 g/mol. The lowest BCUT2D eigenvalue weighted by Gasteiger charge is -2.06. The molecule has 6 nitrogen and oxygen atoms in total. The number of rotatable bonds is 5. The lowest BCUT2D eigenvalue weighted by Crippen LogP contribution is -2.14. The minimum Gasteiger partial charge on any atom is -0.465 e. The first-order valence-corrected chi connectivity index (χ1v) is 10.2. The SMILES string of the molecule is COC(=O)c1c(NC(=O)c2ccc(C)cc2)sc(Cc2ccc3c(c2)OCO3)c1C. The van der Waals surface area contributed by atoms with E-state index < -0.39 is 5.97 Å². The fourth-order valence-electron chi connectivity index (χ4n) is 3.28. The molecular weight excluding hydrogens is 402 g/mol. The van der Waals surface area contributed by atoms with Gasteiger partial charge < -0.3 is 19.5 Å². The zero-order valence-corrected chi connectivity index (χ0v) is 17.7. The molecule has 4 rings (SSSR count). The highest BCUT2D eigenvalue weighted by atomic mass is 32.1. The second-order valence-corrected chi connectivity index (χ2v) is 8.14. The van der Waals surface area contributed by atoms with E-state index in [9.17, 15) is 9.59 Å². The van der Waals surface area contributed by atoms with Crippen molar-refractivity contribution < 1.29 is 23.8 Å². The number of amides is 1. The summed E-state index contributed by atoms with van der Waals surface area (Å²) in [6.45, 7) is 4.05. The van der Waals surface area contributed by atoms with Crippen LogP contribution in [0.1, 0.15) is 42.3 Å². The molecule has 0 unspecified atom stereocenters. The predicted octanol–water partition coefficient (Wildman–Crippen LogP) is 4.72. The Morgan fingerprint density at radius 1 is 1.07 bits per heavy atom. The summed E-state index contributed by atoms with van der Waals surface area (Å²) < 4.78 is 15.8. The summed E-state index contributed by atoms with van der Waals surface area (Å²) in [5.41, 5.74) is 3.80. The molecule has 154 valence electrons. The third-order valence-corrected chi connectivity index (χ3v) is 6.18. The highest BCUT2D eigenvalue weighted by molar-refractivity contribution is 7.17. The molecule has 0 bridgehead atoms. The van der Waals surface area contributed by atoms with Crippen LogP contribution in [-0.2, 0) is 11.2 Å². The fraction of sp³-hybridized carbons (Fsp3) is 0.217. The Balaban J connectivity index is 1.64. The number of fused-ring (bicyclic) bond motifs is 1. The van der Waals surface area contributed by atoms with Gasteiger partial charge in [0.05, 0.1) is 12.7 Å². The maximum Gasteiger partial charge on any atom is 0.341 e. The van der Waals surface area contributed by atoms with Crippen LogP contribution in [0.25, 0.3) is 0 Å². The van der Waals surface area contributed by atoms with Crippen LogP contribution in [0, 0.1) is 13.8 Å². The number of esters is 1. The largest absolute Gasteiger partial charge is 0.465 e. The number of thiophene rings is 1. The number of carbonyl (C=O) groups is 2. The first-order valence-electron chi connectivity index (χ1n) is 9.43. The molecule has 30 heavy (non-hydrogen) atoms. The van der Waals surface area contributed by atoms with Crippen molar-refractivity contribution in [3.63, 3.8) is 0 Å². The first-order chi connectivity index (χ1) is 14.5. The van der Waals surface area contributed by atoms with Gasteiger partial charge in [0, 0.05) is 16.9 Å². The Kier molecular flexibility index (Phi) is 5.46. The number of benzene rings is 2. The molecule has 1 aliphatic rings. The van der Waals surface area contributed by atoms with Crippen molar-refractivity contribution in [2.75, 3.05) is 19.2 Å². The fourth-order valence-corrected chi connectivity index (χ4v) is 4.50.